The van der Waals surface area contributed by atoms with Gasteiger partial charge in [-0.25, -0.2) is 0 Å². The molecule has 6 aliphatic rings. The Balaban J connectivity index is 0.000000241. The molecule has 10 rings (SSSR count). The zero-order chi connectivity index (χ0) is 62.8. The summed E-state index contributed by atoms with van der Waals surface area (Å²) in [5.41, 5.74) is 11.4. The Morgan fingerprint density at radius 3 is 0.571 bits per heavy atom. The van der Waals surface area contributed by atoms with Crippen molar-refractivity contribution in [2.75, 3.05) is 0 Å². The van der Waals surface area contributed by atoms with E-state index in [-0.39, 0.29) is 67.5 Å². The largest absolute Gasteiger partial charge is 0.507 e. The SMILES string of the molecule is CC(C)(C)c1cc(C=N[C@H]2C[C@@H]3CC[C@H]2C[C@@H]3N=Cc2cc(C(C)(C)C)cc(C(C)(C)C)c2O)c(O)c(C(C)(C)C)c1.CC(C)(C)c1cc(C=N[C@H]2C[C@@H]3CC[C@H]2C[C@@H]3N=Cc2cc(C(C)(C)C)cc(C(C)(C)C)c2O)c(O)c(C(C)(C)C)c1. The highest BCUT2D eigenvalue weighted by Gasteiger charge is 2.43. The minimum Gasteiger partial charge on any atom is -0.507 e. The number of fused-ring (bicyclic) bond motifs is 6. The maximum atomic E-state index is 11.2. The number of rotatable bonds is 8. The highest BCUT2D eigenvalue weighted by Crippen LogP contribution is 2.48. The molecule has 0 spiro atoms. The van der Waals surface area contributed by atoms with E-state index in [4.69, 9.17) is 20.0 Å². The predicted octanol–water partition coefficient (Wildman–Crippen LogP) is 18.8. The van der Waals surface area contributed by atoms with Crippen LogP contribution < -0.4 is 0 Å². The van der Waals surface area contributed by atoms with Gasteiger partial charge in [-0.1, -0.05) is 190 Å². The van der Waals surface area contributed by atoms with Crippen LogP contribution in [0, 0.1) is 23.7 Å². The maximum absolute atomic E-state index is 11.2. The van der Waals surface area contributed by atoms with Crippen molar-refractivity contribution in [2.24, 2.45) is 43.6 Å². The van der Waals surface area contributed by atoms with Crippen molar-refractivity contribution in [3.8, 4) is 23.0 Å². The zero-order valence-electron chi connectivity index (χ0n) is 56.8. The van der Waals surface area contributed by atoms with Gasteiger partial charge in [-0.2, -0.15) is 0 Å². The molecule has 6 aliphatic carbocycles. The molecule has 4 bridgehead atoms. The van der Waals surface area contributed by atoms with Crippen LogP contribution in [0.25, 0.3) is 0 Å². The second kappa shape index (κ2) is 23.8. The predicted molar refractivity (Wildman–Crippen MR) is 358 cm³/mol. The molecule has 4 N–H and O–H groups in total. The Bertz CT molecular complexity index is 2710. The van der Waals surface area contributed by atoms with Crippen molar-refractivity contribution < 1.29 is 20.4 Å². The van der Waals surface area contributed by atoms with Gasteiger partial charge >= 0.3 is 0 Å². The van der Waals surface area contributed by atoms with Gasteiger partial charge in [0, 0.05) is 69.4 Å². The van der Waals surface area contributed by atoms with Gasteiger partial charge in [-0.05, 0) is 165 Å². The summed E-state index contributed by atoms with van der Waals surface area (Å²) < 4.78 is 0. The van der Waals surface area contributed by atoms with Crippen LogP contribution in [0.15, 0.2) is 68.5 Å². The van der Waals surface area contributed by atoms with E-state index in [0.29, 0.717) is 46.7 Å². The fraction of sp³-hybridized carbons (Fsp3) is 0.632. The lowest BCUT2D eigenvalue weighted by atomic mass is 9.65. The summed E-state index contributed by atoms with van der Waals surface area (Å²) in [5, 5.41) is 44.9. The van der Waals surface area contributed by atoms with Gasteiger partial charge in [0.05, 0.1) is 24.2 Å². The van der Waals surface area contributed by atoms with E-state index in [2.05, 4.69) is 215 Å². The molecule has 6 saturated carbocycles. The second-order valence-corrected chi connectivity index (χ2v) is 34.4. The van der Waals surface area contributed by atoms with Gasteiger partial charge in [0.1, 0.15) is 23.0 Å². The quantitative estimate of drug-likeness (QED) is 0.131. The minimum absolute atomic E-state index is 0.0140. The lowest BCUT2D eigenvalue weighted by Crippen LogP contribution is -2.42. The molecule has 0 heterocycles. The Morgan fingerprint density at radius 2 is 0.440 bits per heavy atom. The van der Waals surface area contributed by atoms with Crippen LogP contribution in [-0.4, -0.2) is 69.5 Å². The summed E-state index contributed by atoms with van der Waals surface area (Å²) in [6.45, 7) is 52.4. The molecule has 8 heteroatoms. The van der Waals surface area contributed by atoms with E-state index in [1.165, 1.54) is 47.9 Å². The molecule has 460 valence electrons. The van der Waals surface area contributed by atoms with Crippen molar-refractivity contribution in [1.29, 1.82) is 0 Å². The van der Waals surface area contributed by atoms with Crippen molar-refractivity contribution in [2.45, 2.75) is 285 Å². The lowest BCUT2D eigenvalue weighted by molar-refractivity contribution is 0.125. The van der Waals surface area contributed by atoms with Crippen molar-refractivity contribution >= 4 is 24.9 Å². The smallest absolute Gasteiger partial charge is 0.128 e. The van der Waals surface area contributed by atoms with E-state index in [1.807, 2.05) is 24.9 Å². The van der Waals surface area contributed by atoms with Crippen LogP contribution >= 0.6 is 0 Å². The summed E-state index contributed by atoms with van der Waals surface area (Å²) in [4.78, 5) is 20.4. The van der Waals surface area contributed by atoms with Crippen LogP contribution in [0.4, 0.5) is 0 Å². The third kappa shape index (κ3) is 15.5. The van der Waals surface area contributed by atoms with Gasteiger partial charge in [0.2, 0.25) is 0 Å². The highest BCUT2D eigenvalue weighted by atomic mass is 16.3. The molecule has 0 saturated heterocycles. The van der Waals surface area contributed by atoms with Crippen LogP contribution in [0.1, 0.15) is 284 Å². The van der Waals surface area contributed by atoms with Gasteiger partial charge < -0.3 is 20.4 Å². The number of hydrogen-bond acceptors (Lipinski definition) is 8. The average molecular weight is 1150 g/mol. The summed E-state index contributed by atoms with van der Waals surface area (Å²) in [6.07, 6.45) is 16.6. The van der Waals surface area contributed by atoms with E-state index < -0.39 is 0 Å². The molecule has 84 heavy (non-hydrogen) atoms. The van der Waals surface area contributed by atoms with Gasteiger partial charge in [-0.3, -0.25) is 20.0 Å². The van der Waals surface area contributed by atoms with E-state index >= 15 is 0 Å². The van der Waals surface area contributed by atoms with Crippen molar-refractivity contribution in [1.82, 2.24) is 0 Å². The molecule has 4 aromatic carbocycles. The first-order valence-electron chi connectivity index (χ1n) is 32.0. The van der Waals surface area contributed by atoms with Crippen LogP contribution in [0.2, 0.25) is 0 Å². The molecular formula is C76H112N4O4. The van der Waals surface area contributed by atoms with Crippen molar-refractivity contribution in [3.05, 3.63) is 115 Å². The fourth-order valence-corrected chi connectivity index (χ4v) is 13.2. The molecule has 6 fully saturated rings. The van der Waals surface area contributed by atoms with E-state index in [9.17, 15) is 20.4 Å². The van der Waals surface area contributed by atoms with Crippen LogP contribution in [-0.2, 0) is 43.3 Å². The second-order valence-electron chi connectivity index (χ2n) is 34.4. The number of aromatic hydroxyl groups is 4. The summed E-state index contributed by atoms with van der Waals surface area (Å²) >= 11 is 0. The Hall–Kier alpha value is -5.24. The van der Waals surface area contributed by atoms with Gasteiger partial charge in [0.25, 0.3) is 0 Å². The number of benzene rings is 4. The molecule has 0 aliphatic heterocycles. The zero-order valence-corrected chi connectivity index (χ0v) is 56.8. The topological polar surface area (TPSA) is 130 Å². The first kappa shape index (κ1) is 66.3. The number of phenolic OH excluding ortho intramolecular Hbond substituents is 4. The molecule has 4 aromatic rings. The van der Waals surface area contributed by atoms with Gasteiger partial charge in [0.15, 0.2) is 0 Å². The summed E-state index contributed by atoms with van der Waals surface area (Å²) in [6, 6.07) is 18.2. The summed E-state index contributed by atoms with van der Waals surface area (Å²) in [5.74, 6) is 3.38. The number of phenols is 4. The molecule has 0 amide bonds. The lowest BCUT2D eigenvalue weighted by Gasteiger charge is -2.44. The van der Waals surface area contributed by atoms with E-state index in [1.54, 1.807) is 0 Å². The monoisotopic (exact) mass is 1140 g/mol. The third-order valence-corrected chi connectivity index (χ3v) is 19.0. The number of nitrogens with zero attached hydrogens (tertiary/aromatic N) is 4. The van der Waals surface area contributed by atoms with Crippen LogP contribution in [0.5, 0.6) is 23.0 Å². The Kier molecular flexibility index (Phi) is 18.8. The molecular weight excluding hydrogens is 1030 g/mol. The molecule has 0 unspecified atom stereocenters. The normalized spacial score (nSPS) is 23.8. The molecule has 8 atom stereocenters. The molecule has 0 radical (unpaired) electrons. The Morgan fingerprint density at radius 1 is 0.274 bits per heavy atom. The van der Waals surface area contributed by atoms with Gasteiger partial charge in [-0.15, -0.1) is 0 Å². The first-order valence-corrected chi connectivity index (χ1v) is 32.0. The fourth-order valence-electron chi connectivity index (χ4n) is 13.2. The third-order valence-electron chi connectivity index (χ3n) is 19.0. The highest BCUT2D eigenvalue weighted by molar-refractivity contribution is 5.87. The molecule has 8 nitrogen and oxygen atoms in total. The summed E-state index contributed by atoms with van der Waals surface area (Å²) in [7, 11) is 0. The maximum Gasteiger partial charge on any atom is 0.128 e. The van der Waals surface area contributed by atoms with E-state index in [0.717, 1.165) is 70.2 Å². The first-order chi connectivity index (χ1) is 38.3. The Labute approximate surface area is 509 Å². The minimum atomic E-state index is -0.155. The van der Waals surface area contributed by atoms with Crippen LogP contribution in [0.3, 0.4) is 0 Å². The molecule has 0 aromatic heterocycles. The standard InChI is InChI=1S/2C38H56N2O2/c2*1-35(2,3)27-15-25(33(41)29(19-27)37(7,8)9)21-39-31-17-24-14-13-23(31)18-32(24)40-22-26-16-28(36(4,5)6)20-30(34(26)42)38(10,11)12/h2*15-16,19-24,31-32,41-42H,13-14,17-18H2,1-12H3/t2*23-,24-,31-,32-/m00/s1. The van der Waals surface area contributed by atoms with Crippen molar-refractivity contribution in [3.63, 3.8) is 0 Å². The number of hydrogen-bond donors (Lipinski definition) is 4. The average Bonchev–Trinajstić information content (AvgIpc) is 2.76. The number of aliphatic imine (C=N–C) groups is 4.